The van der Waals surface area contributed by atoms with Crippen LogP contribution in [-0.4, -0.2) is 50.8 Å². The van der Waals surface area contributed by atoms with Crippen molar-refractivity contribution in [1.82, 2.24) is 0 Å². The maximum absolute atomic E-state index is 6.44. The van der Waals surface area contributed by atoms with Crippen molar-refractivity contribution in [3.8, 4) is 11.1 Å². The lowest BCUT2D eigenvalue weighted by Gasteiger charge is -2.21. The highest BCUT2D eigenvalue weighted by molar-refractivity contribution is 5.82. The van der Waals surface area contributed by atoms with Gasteiger partial charge in [-0.3, -0.25) is 0 Å². The second kappa shape index (κ2) is 7.24. The molecule has 0 spiro atoms. The summed E-state index contributed by atoms with van der Waals surface area (Å²) in [6.45, 7) is 3.22. The molecule has 4 saturated heterocycles. The Labute approximate surface area is 176 Å². The average molecular weight is 406 g/mol. The van der Waals surface area contributed by atoms with E-state index in [-0.39, 0.29) is 18.3 Å². The van der Waals surface area contributed by atoms with E-state index in [2.05, 4.69) is 18.2 Å². The van der Waals surface area contributed by atoms with Gasteiger partial charge in [0.05, 0.1) is 62.2 Å². The van der Waals surface area contributed by atoms with E-state index in [1.165, 1.54) is 16.7 Å². The Morgan fingerprint density at radius 1 is 0.733 bits per heavy atom. The number of nitrogen functional groups attached to an aromatic ring is 2. The van der Waals surface area contributed by atoms with Crippen molar-refractivity contribution in [2.45, 2.75) is 50.1 Å². The first-order valence-corrected chi connectivity index (χ1v) is 10.8. The van der Waals surface area contributed by atoms with E-state index in [0.29, 0.717) is 17.5 Å². The molecule has 0 amide bonds. The van der Waals surface area contributed by atoms with E-state index < -0.39 is 0 Å². The van der Waals surface area contributed by atoms with E-state index in [9.17, 15) is 0 Å². The van der Waals surface area contributed by atoms with Crippen LogP contribution >= 0.6 is 0 Å². The third-order valence-electron chi connectivity index (χ3n) is 6.35. The summed E-state index contributed by atoms with van der Waals surface area (Å²) in [5.74, 6) is 0. The van der Waals surface area contributed by atoms with Crippen molar-refractivity contribution in [3.63, 3.8) is 0 Å². The molecule has 4 heterocycles. The Morgan fingerprint density at radius 2 is 1.27 bits per heavy atom. The minimum atomic E-state index is 0.225. The van der Waals surface area contributed by atoms with Gasteiger partial charge in [0.25, 0.3) is 0 Å². The lowest BCUT2D eigenvalue weighted by Crippen LogP contribution is -2.12. The van der Waals surface area contributed by atoms with Crippen molar-refractivity contribution >= 4 is 11.4 Å². The second-order valence-electron chi connectivity index (χ2n) is 8.78. The van der Waals surface area contributed by atoms with Gasteiger partial charge in [0.15, 0.2) is 0 Å². The number of nitrogens with two attached hydrogens (primary N) is 2. The summed E-state index contributed by atoms with van der Waals surface area (Å²) >= 11 is 0. The van der Waals surface area contributed by atoms with E-state index in [1.807, 2.05) is 6.07 Å². The maximum Gasteiger partial charge on any atom is 0.0851 e. The molecular formula is C24H26N2O4. The number of ether oxygens (including phenoxy) is 4. The average Bonchev–Trinajstić information content (AvgIpc) is 3.55. The molecule has 2 radical (unpaired) electrons. The van der Waals surface area contributed by atoms with Gasteiger partial charge in [-0.25, -0.2) is 0 Å². The van der Waals surface area contributed by atoms with Crippen LogP contribution in [0.3, 0.4) is 0 Å². The van der Waals surface area contributed by atoms with Gasteiger partial charge >= 0.3 is 0 Å². The molecule has 2 aromatic carbocycles. The smallest absolute Gasteiger partial charge is 0.0851 e. The molecule has 4 aliphatic heterocycles. The van der Waals surface area contributed by atoms with Crippen LogP contribution in [0.4, 0.5) is 11.4 Å². The van der Waals surface area contributed by atoms with Crippen molar-refractivity contribution in [2.24, 2.45) is 0 Å². The fourth-order valence-electron chi connectivity index (χ4n) is 4.32. The molecular weight excluding hydrogens is 380 g/mol. The predicted molar refractivity (Wildman–Crippen MR) is 112 cm³/mol. The highest BCUT2D eigenvalue weighted by atomic mass is 16.6. The third kappa shape index (κ3) is 3.93. The summed E-state index contributed by atoms with van der Waals surface area (Å²) in [5.41, 5.74) is 20.8. The highest BCUT2D eigenvalue weighted by Crippen LogP contribution is 2.40. The van der Waals surface area contributed by atoms with Crippen LogP contribution in [0.5, 0.6) is 0 Å². The van der Waals surface area contributed by atoms with Crippen molar-refractivity contribution < 1.29 is 18.9 Å². The summed E-state index contributed by atoms with van der Waals surface area (Å²) < 4.78 is 22.2. The third-order valence-corrected chi connectivity index (χ3v) is 6.35. The van der Waals surface area contributed by atoms with Gasteiger partial charge in [-0.2, -0.15) is 0 Å². The fourth-order valence-corrected chi connectivity index (χ4v) is 4.32. The second-order valence-corrected chi connectivity index (χ2v) is 8.78. The van der Waals surface area contributed by atoms with Gasteiger partial charge < -0.3 is 30.4 Å². The lowest BCUT2D eigenvalue weighted by atomic mass is 9.84. The topological polar surface area (TPSA) is 102 Å². The van der Waals surface area contributed by atoms with Gasteiger partial charge in [0.1, 0.15) is 0 Å². The highest BCUT2D eigenvalue weighted by Gasteiger charge is 2.33. The molecule has 4 unspecified atom stereocenters. The Morgan fingerprint density at radius 3 is 1.87 bits per heavy atom. The number of benzene rings is 2. The summed E-state index contributed by atoms with van der Waals surface area (Å²) in [7, 11) is 0. The maximum atomic E-state index is 6.44. The SMILES string of the molecule is Nc1[c]c(-c2[c]ccc(CC3CO3)c2CC2CO2)c(CC2CO2)c(CC2CO2)c1N. The summed E-state index contributed by atoms with van der Waals surface area (Å²) in [6, 6.07) is 11.1. The molecule has 0 aromatic heterocycles. The first kappa shape index (κ1) is 18.6. The Bertz CT molecular complexity index is 976. The monoisotopic (exact) mass is 406 g/mol. The van der Waals surface area contributed by atoms with Crippen LogP contribution < -0.4 is 11.5 Å². The van der Waals surface area contributed by atoms with Crippen molar-refractivity contribution in [3.05, 3.63) is 46.5 Å². The van der Waals surface area contributed by atoms with Crippen LogP contribution in [0.15, 0.2) is 12.1 Å². The molecule has 4 fully saturated rings. The van der Waals surface area contributed by atoms with E-state index in [1.54, 1.807) is 0 Å². The van der Waals surface area contributed by atoms with Gasteiger partial charge in [0.2, 0.25) is 0 Å². The van der Waals surface area contributed by atoms with Crippen LogP contribution in [-0.2, 0) is 44.6 Å². The lowest BCUT2D eigenvalue weighted by molar-refractivity contribution is 0.401. The summed E-state index contributed by atoms with van der Waals surface area (Å²) in [6.07, 6.45) is 4.42. The normalized spacial score (nSPS) is 28.4. The first-order chi connectivity index (χ1) is 14.7. The number of hydrogen-bond acceptors (Lipinski definition) is 6. The van der Waals surface area contributed by atoms with Crippen LogP contribution in [0.25, 0.3) is 11.1 Å². The molecule has 156 valence electrons. The molecule has 4 aliphatic rings. The molecule has 0 aliphatic carbocycles. The minimum Gasteiger partial charge on any atom is -0.397 e. The number of hydrogen-bond donors (Lipinski definition) is 2. The quantitative estimate of drug-likeness (QED) is 0.487. The summed E-state index contributed by atoms with van der Waals surface area (Å²) in [5, 5.41) is 0. The number of anilines is 2. The first-order valence-electron chi connectivity index (χ1n) is 10.8. The van der Waals surface area contributed by atoms with E-state index in [0.717, 1.165) is 68.8 Å². The van der Waals surface area contributed by atoms with Gasteiger partial charge in [-0.05, 0) is 39.4 Å². The van der Waals surface area contributed by atoms with Gasteiger partial charge in [-0.1, -0.05) is 12.1 Å². The predicted octanol–water partition coefficient (Wildman–Crippen LogP) is 1.88. The molecule has 6 nitrogen and oxygen atoms in total. The zero-order chi connectivity index (χ0) is 20.2. The Kier molecular flexibility index (Phi) is 4.49. The van der Waals surface area contributed by atoms with Crippen LogP contribution in [0.1, 0.15) is 22.3 Å². The molecule has 4 N–H and O–H groups in total. The Balaban J connectivity index is 1.49. The molecule has 6 heteroatoms. The van der Waals surface area contributed by atoms with Crippen LogP contribution in [0.2, 0.25) is 0 Å². The van der Waals surface area contributed by atoms with Crippen LogP contribution in [0, 0.1) is 12.1 Å². The fraction of sp³-hybridized carbons (Fsp3) is 0.500. The standard InChI is InChI=1S/C24H26N2O4/c25-23-8-21(20(6-16-11-29-16)22(24(23)26)7-17-12-30-17)18-3-1-2-13(4-14-9-27-14)19(18)5-15-10-28-15/h1-2,14-17H,4-7,9-12,25-26H2. The number of rotatable bonds is 9. The largest absolute Gasteiger partial charge is 0.397 e. The molecule has 0 bridgehead atoms. The van der Waals surface area contributed by atoms with Crippen molar-refractivity contribution in [1.29, 1.82) is 0 Å². The van der Waals surface area contributed by atoms with E-state index >= 15 is 0 Å². The zero-order valence-electron chi connectivity index (χ0n) is 16.9. The Hall–Kier alpha value is -2.12. The van der Waals surface area contributed by atoms with Gasteiger partial charge in [-0.15, -0.1) is 0 Å². The molecule has 2 aromatic rings. The number of epoxide rings is 4. The summed E-state index contributed by atoms with van der Waals surface area (Å²) in [4.78, 5) is 0. The molecule has 30 heavy (non-hydrogen) atoms. The van der Waals surface area contributed by atoms with Crippen molar-refractivity contribution in [2.75, 3.05) is 37.9 Å². The molecule has 4 atom stereocenters. The molecule has 6 rings (SSSR count). The minimum absolute atomic E-state index is 0.225. The zero-order valence-corrected chi connectivity index (χ0v) is 16.9. The van der Waals surface area contributed by atoms with E-state index in [4.69, 9.17) is 30.4 Å². The molecule has 0 saturated carbocycles. The van der Waals surface area contributed by atoms with Gasteiger partial charge in [0, 0.05) is 31.7 Å².